The molecule has 0 radical (unpaired) electrons. The van der Waals surface area contributed by atoms with Crippen LogP contribution >= 0.6 is 0 Å². The van der Waals surface area contributed by atoms with Gasteiger partial charge in [0, 0.05) is 6.54 Å². The first kappa shape index (κ1) is 16.6. The summed E-state index contributed by atoms with van der Waals surface area (Å²) in [4.78, 5) is 0. The fraction of sp³-hybridized carbons (Fsp3) is 0.833. The molecule has 4 nitrogen and oxygen atoms in total. The van der Waals surface area contributed by atoms with Crippen LogP contribution in [0.5, 0.6) is 0 Å². The first-order valence-electron chi connectivity index (χ1n) is 5.99. The maximum absolute atomic E-state index is 5.32. The van der Waals surface area contributed by atoms with Crippen LogP contribution in [0.15, 0.2) is 0 Å². The van der Waals surface area contributed by atoms with E-state index in [0.717, 1.165) is 0 Å². The Morgan fingerprint density at radius 1 is 0.882 bits per heavy atom. The SMILES string of the molecule is C[Si](C)(C)C#CCOCCOCCOCCN. The van der Waals surface area contributed by atoms with Crippen molar-refractivity contribution in [3.05, 3.63) is 0 Å². The quantitative estimate of drug-likeness (QED) is 0.379. The van der Waals surface area contributed by atoms with Crippen LogP contribution in [0.25, 0.3) is 0 Å². The van der Waals surface area contributed by atoms with Gasteiger partial charge in [0.15, 0.2) is 0 Å². The van der Waals surface area contributed by atoms with E-state index in [4.69, 9.17) is 19.9 Å². The van der Waals surface area contributed by atoms with Crippen molar-refractivity contribution in [2.75, 3.05) is 46.2 Å². The van der Waals surface area contributed by atoms with Crippen molar-refractivity contribution in [2.24, 2.45) is 5.73 Å². The second-order valence-electron chi connectivity index (χ2n) is 4.62. The number of nitrogens with two attached hydrogens (primary N) is 1. The van der Waals surface area contributed by atoms with Crippen LogP contribution in [0.3, 0.4) is 0 Å². The van der Waals surface area contributed by atoms with Gasteiger partial charge in [0.2, 0.25) is 0 Å². The molecule has 0 aliphatic rings. The topological polar surface area (TPSA) is 53.7 Å². The van der Waals surface area contributed by atoms with E-state index in [1.807, 2.05) is 0 Å². The Bertz CT molecular complexity index is 230. The summed E-state index contributed by atoms with van der Waals surface area (Å²) in [6.07, 6.45) is 0. The van der Waals surface area contributed by atoms with E-state index in [2.05, 4.69) is 31.1 Å². The summed E-state index contributed by atoms with van der Waals surface area (Å²) in [5.41, 5.74) is 8.51. The molecule has 0 rings (SSSR count). The highest BCUT2D eigenvalue weighted by molar-refractivity contribution is 6.83. The van der Waals surface area contributed by atoms with Gasteiger partial charge in [-0.05, 0) is 0 Å². The third-order valence-electron chi connectivity index (χ3n) is 1.64. The Morgan fingerprint density at radius 2 is 1.41 bits per heavy atom. The Morgan fingerprint density at radius 3 is 1.94 bits per heavy atom. The van der Waals surface area contributed by atoms with Gasteiger partial charge in [0.25, 0.3) is 0 Å². The summed E-state index contributed by atoms with van der Waals surface area (Å²) in [5, 5.41) is 0. The normalized spacial score (nSPS) is 11.1. The lowest BCUT2D eigenvalue weighted by molar-refractivity contribution is 0.0219. The van der Waals surface area contributed by atoms with E-state index in [1.54, 1.807) is 0 Å². The van der Waals surface area contributed by atoms with Crippen LogP contribution in [0.2, 0.25) is 19.6 Å². The minimum absolute atomic E-state index is 0.497. The van der Waals surface area contributed by atoms with E-state index in [1.165, 1.54) is 0 Å². The Hall–Kier alpha value is -0.383. The van der Waals surface area contributed by atoms with Crippen LogP contribution < -0.4 is 5.73 Å². The zero-order valence-electron chi connectivity index (χ0n) is 11.3. The highest BCUT2D eigenvalue weighted by atomic mass is 28.3. The molecule has 0 bridgehead atoms. The molecule has 0 aromatic heterocycles. The van der Waals surface area contributed by atoms with Gasteiger partial charge in [-0.1, -0.05) is 25.6 Å². The average Bonchev–Trinajstić information content (AvgIpc) is 2.24. The molecule has 0 aromatic rings. The second-order valence-corrected chi connectivity index (χ2v) is 9.37. The fourth-order valence-electron chi connectivity index (χ4n) is 0.948. The third kappa shape index (κ3) is 15.6. The Labute approximate surface area is 106 Å². The lowest BCUT2D eigenvalue weighted by Gasteiger charge is -2.05. The van der Waals surface area contributed by atoms with Crippen molar-refractivity contribution in [3.8, 4) is 11.5 Å². The van der Waals surface area contributed by atoms with E-state index >= 15 is 0 Å². The van der Waals surface area contributed by atoms with Crippen LogP contribution in [-0.2, 0) is 14.2 Å². The average molecular weight is 259 g/mol. The summed E-state index contributed by atoms with van der Waals surface area (Å²) in [6, 6.07) is 0. The predicted octanol–water partition coefficient (Wildman–Crippen LogP) is 0.876. The summed E-state index contributed by atoms with van der Waals surface area (Å²) in [7, 11) is -1.25. The van der Waals surface area contributed by atoms with Gasteiger partial charge in [-0.2, -0.15) is 0 Å². The van der Waals surface area contributed by atoms with Crippen LogP contribution in [0.1, 0.15) is 0 Å². The molecule has 5 heteroatoms. The Balaban J connectivity index is 3.16. The van der Waals surface area contributed by atoms with Crippen molar-refractivity contribution < 1.29 is 14.2 Å². The number of hydrogen-bond acceptors (Lipinski definition) is 4. The summed E-state index contributed by atoms with van der Waals surface area (Å²) < 4.78 is 15.8. The maximum atomic E-state index is 5.32. The molecule has 100 valence electrons. The molecule has 0 spiro atoms. The zero-order chi connectivity index (χ0) is 13.0. The second kappa shape index (κ2) is 10.8. The van der Waals surface area contributed by atoms with Crippen molar-refractivity contribution in [2.45, 2.75) is 19.6 Å². The van der Waals surface area contributed by atoms with Crippen molar-refractivity contribution in [1.29, 1.82) is 0 Å². The predicted molar refractivity (Wildman–Crippen MR) is 72.6 cm³/mol. The molecule has 0 atom stereocenters. The maximum Gasteiger partial charge on any atom is 0.129 e. The van der Waals surface area contributed by atoms with Crippen molar-refractivity contribution >= 4 is 8.07 Å². The number of ether oxygens (including phenoxy) is 3. The highest BCUT2D eigenvalue weighted by Gasteiger charge is 2.06. The molecule has 0 aliphatic carbocycles. The van der Waals surface area contributed by atoms with Crippen LogP contribution in [0, 0.1) is 11.5 Å². The van der Waals surface area contributed by atoms with E-state index in [0.29, 0.717) is 46.2 Å². The Kier molecular flexibility index (Phi) is 10.5. The first-order chi connectivity index (χ1) is 8.06. The lowest BCUT2D eigenvalue weighted by atomic mass is 10.7. The van der Waals surface area contributed by atoms with Crippen molar-refractivity contribution in [3.63, 3.8) is 0 Å². The van der Waals surface area contributed by atoms with Gasteiger partial charge in [-0.15, -0.1) is 5.54 Å². The van der Waals surface area contributed by atoms with Gasteiger partial charge in [0.1, 0.15) is 14.7 Å². The van der Waals surface area contributed by atoms with Gasteiger partial charge in [0.05, 0.1) is 33.0 Å². The molecule has 0 amide bonds. The number of hydrogen-bond donors (Lipinski definition) is 1. The third-order valence-corrected chi connectivity index (χ3v) is 2.57. The summed E-state index contributed by atoms with van der Waals surface area (Å²) >= 11 is 0. The molecule has 0 saturated carbocycles. The van der Waals surface area contributed by atoms with E-state index in [-0.39, 0.29) is 0 Å². The molecule has 0 heterocycles. The van der Waals surface area contributed by atoms with Crippen LogP contribution in [0.4, 0.5) is 0 Å². The zero-order valence-corrected chi connectivity index (χ0v) is 12.3. The molecule has 0 saturated heterocycles. The molecule has 0 aliphatic heterocycles. The summed E-state index contributed by atoms with van der Waals surface area (Å²) in [5.74, 6) is 3.04. The minimum atomic E-state index is -1.25. The molecule has 17 heavy (non-hydrogen) atoms. The van der Waals surface area contributed by atoms with Gasteiger partial charge in [-0.25, -0.2) is 0 Å². The fourth-order valence-corrected chi connectivity index (χ4v) is 1.55. The minimum Gasteiger partial charge on any atom is -0.378 e. The standard InChI is InChI=1S/C12H25NO3Si/c1-17(2,3)12-4-6-14-8-10-16-11-9-15-7-5-13/h5-11,13H2,1-3H3. The molecular weight excluding hydrogens is 234 g/mol. The molecule has 2 N–H and O–H groups in total. The summed E-state index contributed by atoms with van der Waals surface area (Å²) in [6.45, 7) is 10.6. The van der Waals surface area contributed by atoms with Crippen LogP contribution in [-0.4, -0.2) is 54.3 Å². The molecule has 0 fully saturated rings. The molecular formula is C12H25NO3Si. The van der Waals surface area contributed by atoms with Gasteiger partial charge >= 0.3 is 0 Å². The number of rotatable bonds is 9. The van der Waals surface area contributed by atoms with E-state index in [9.17, 15) is 0 Å². The monoisotopic (exact) mass is 259 g/mol. The lowest BCUT2D eigenvalue weighted by Crippen LogP contribution is -2.17. The first-order valence-corrected chi connectivity index (χ1v) is 9.49. The largest absolute Gasteiger partial charge is 0.378 e. The van der Waals surface area contributed by atoms with Gasteiger partial charge in [-0.3, -0.25) is 0 Å². The van der Waals surface area contributed by atoms with Gasteiger partial charge < -0.3 is 19.9 Å². The smallest absolute Gasteiger partial charge is 0.129 e. The molecule has 0 aromatic carbocycles. The molecule has 0 unspecified atom stereocenters. The highest BCUT2D eigenvalue weighted by Crippen LogP contribution is 1.95. The van der Waals surface area contributed by atoms with E-state index < -0.39 is 8.07 Å². The van der Waals surface area contributed by atoms with Crippen molar-refractivity contribution in [1.82, 2.24) is 0 Å².